The van der Waals surface area contributed by atoms with Crippen molar-refractivity contribution in [1.29, 1.82) is 0 Å². The van der Waals surface area contributed by atoms with Crippen LogP contribution in [0.5, 0.6) is 11.6 Å². The fraction of sp³-hybridized carbons (Fsp3) is 0.211. The molecule has 26 heavy (non-hydrogen) atoms. The van der Waals surface area contributed by atoms with Gasteiger partial charge in [-0.05, 0) is 35.9 Å². The van der Waals surface area contributed by atoms with E-state index in [0.717, 1.165) is 26.7 Å². The summed E-state index contributed by atoms with van der Waals surface area (Å²) in [4.78, 5) is 22.3. The second-order valence-corrected chi connectivity index (χ2v) is 6.65. The maximum Gasteiger partial charge on any atom is 0.260 e. The molecule has 0 aliphatic carbocycles. The molecule has 3 aromatic rings. The van der Waals surface area contributed by atoms with Crippen molar-refractivity contribution >= 4 is 32.7 Å². The van der Waals surface area contributed by atoms with E-state index in [4.69, 9.17) is 9.47 Å². The van der Waals surface area contributed by atoms with Crippen molar-refractivity contribution in [3.63, 3.8) is 0 Å². The van der Waals surface area contributed by atoms with Crippen LogP contribution in [0.1, 0.15) is 5.56 Å². The van der Waals surface area contributed by atoms with Gasteiger partial charge < -0.3 is 14.4 Å². The molecule has 0 N–H and O–H groups in total. The van der Waals surface area contributed by atoms with Gasteiger partial charge >= 0.3 is 0 Å². The second-order valence-electron chi connectivity index (χ2n) is 5.73. The molecular formula is C19H18BrN3O3. The molecule has 3 rings (SSSR count). The first kappa shape index (κ1) is 18.1. The van der Waals surface area contributed by atoms with E-state index in [-0.39, 0.29) is 12.5 Å². The Hall–Kier alpha value is -2.67. The van der Waals surface area contributed by atoms with Gasteiger partial charge in [-0.2, -0.15) is 0 Å². The van der Waals surface area contributed by atoms with Crippen molar-refractivity contribution in [1.82, 2.24) is 14.9 Å². The molecule has 0 saturated carbocycles. The zero-order valence-corrected chi connectivity index (χ0v) is 16.1. The van der Waals surface area contributed by atoms with E-state index in [1.165, 1.54) is 6.33 Å². The summed E-state index contributed by atoms with van der Waals surface area (Å²) in [7, 11) is 3.35. The molecule has 0 atom stereocenters. The molecule has 0 radical (unpaired) electrons. The molecule has 134 valence electrons. The molecule has 1 amide bonds. The molecule has 6 nitrogen and oxygen atoms in total. The minimum Gasteiger partial charge on any atom is -0.497 e. The van der Waals surface area contributed by atoms with E-state index in [1.54, 1.807) is 19.1 Å². The molecule has 2 aromatic carbocycles. The molecule has 1 heterocycles. The summed E-state index contributed by atoms with van der Waals surface area (Å²) >= 11 is 3.42. The number of carbonyl (C=O) groups is 1. The average Bonchev–Trinajstić information content (AvgIpc) is 2.66. The predicted molar refractivity (Wildman–Crippen MR) is 102 cm³/mol. The summed E-state index contributed by atoms with van der Waals surface area (Å²) in [5, 5.41) is 0.755. The summed E-state index contributed by atoms with van der Waals surface area (Å²) in [6.45, 7) is 0.370. The van der Waals surface area contributed by atoms with Crippen LogP contribution in [-0.4, -0.2) is 41.5 Å². The lowest BCUT2D eigenvalue weighted by atomic mass is 10.2. The average molecular weight is 416 g/mol. The zero-order valence-electron chi connectivity index (χ0n) is 14.5. The van der Waals surface area contributed by atoms with E-state index in [1.807, 2.05) is 42.5 Å². The Kier molecular flexibility index (Phi) is 5.68. The number of methoxy groups -OCH3 is 1. The van der Waals surface area contributed by atoms with Crippen LogP contribution in [0, 0.1) is 0 Å². The number of rotatable bonds is 6. The third-order valence-electron chi connectivity index (χ3n) is 3.87. The molecule has 0 aliphatic rings. The minimum absolute atomic E-state index is 0.0981. The monoisotopic (exact) mass is 415 g/mol. The standard InChI is InChI=1S/C19H18BrN3O3/c1-23(10-13-4-3-5-15(8-13)25-2)18(24)11-26-19-16-9-14(20)6-7-17(16)21-12-22-19/h3-9,12H,10-11H2,1-2H3. The SMILES string of the molecule is COc1cccc(CN(C)C(=O)COc2ncnc3ccc(Br)cc23)c1. The first-order valence-corrected chi connectivity index (χ1v) is 8.76. The Morgan fingerprint density at radius 2 is 2.04 bits per heavy atom. The zero-order chi connectivity index (χ0) is 18.5. The van der Waals surface area contributed by atoms with Gasteiger partial charge in [-0.3, -0.25) is 4.79 Å². The summed E-state index contributed by atoms with van der Waals surface area (Å²) < 4.78 is 11.8. The number of aromatic nitrogens is 2. The van der Waals surface area contributed by atoms with E-state index in [0.29, 0.717) is 12.4 Å². The third kappa shape index (κ3) is 4.29. The lowest BCUT2D eigenvalue weighted by Gasteiger charge is -2.18. The summed E-state index contributed by atoms with van der Waals surface area (Å²) in [5.41, 5.74) is 1.74. The molecule has 0 aliphatic heterocycles. The first-order chi connectivity index (χ1) is 12.6. The lowest BCUT2D eigenvalue weighted by molar-refractivity contribution is -0.132. The number of benzene rings is 2. The maximum atomic E-state index is 12.4. The number of hydrogen-bond donors (Lipinski definition) is 0. The summed E-state index contributed by atoms with van der Waals surface area (Å²) in [6.07, 6.45) is 1.43. The largest absolute Gasteiger partial charge is 0.497 e. The molecule has 0 bridgehead atoms. The first-order valence-electron chi connectivity index (χ1n) is 7.97. The number of likely N-dealkylation sites (N-methyl/N-ethyl adjacent to an activating group) is 1. The molecule has 0 saturated heterocycles. The number of hydrogen-bond acceptors (Lipinski definition) is 5. The number of nitrogens with zero attached hydrogens (tertiary/aromatic N) is 3. The molecule has 0 unspecified atom stereocenters. The lowest BCUT2D eigenvalue weighted by Crippen LogP contribution is -2.31. The summed E-state index contributed by atoms with van der Waals surface area (Å²) in [5.74, 6) is 1.01. The predicted octanol–water partition coefficient (Wildman–Crippen LogP) is 3.44. The number of carbonyl (C=O) groups excluding carboxylic acids is 1. The van der Waals surface area contributed by atoms with Gasteiger partial charge in [-0.1, -0.05) is 28.1 Å². The number of halogens is 1. The van der Waals surface area contributed by atoms with Gasteiger partial charge in [0, 0.05) is 18.1 Å². The highest BCUT2D eigenvalue weighted by molar-refractivity contribution is 9.10. The molecule has 0 fully saturated rings. The Balaban J connectivity index is 1.66. The third-order valence-corrected chi connectivity index (χ3v) is 4.37. The Morgan fingerprint density at radius 1 is 1.19 bits per heavy atom. The molecular weight excluding hydrogens is 398 g/mol. The minimum atomic E-state index is -0.144. The Labute approximate surface area is 159 Å². The smallest absolute Gasteiger partial charge is 0.260 e. The van der Waals surface area contributed by atoms with Crippen LogP contribution < -0.4 is 9.47 Å². The van der Waals surface area contributed by atoms with Crippen LogP contribution >= 0.6 is 15.9 Å². The maximum absolute atomic E-state index is 12.4. The van der Waals surface area contributed by atoms with Crippen LogP contribution in [0.2, 0.25) is 0 Å². The van der Waals surface area contributed by atoms with Crippen LogP contribution in [0.15, 0.2) is 53.3 Å². The van der Waals surface area contributed by atoms with Gasteiger partial charge in [0.1, 0.15) is 12.1 Å². The fourth-order valence-electron chi connectivity index (χ4n) is 2.49. The number of ether oxygens (including phenoxy) is 2. The van der Waals surface area contributed by atoms with Crippen LogP contribution in [0.25, 0.3) is 10.9 Å². The second kappa shape index (κ2) is 8.14. The van der Waals surface area contributed by atoms with Gasteiger partial charge in [0.05, 0.1) is 18.0 Å². The van der Waals surface area contributed by atoms with Crippen molar-refractivity contribution in [2.24, 2.45) is 0 Å². The highest BCUT2D eigenvalue weighted by Crippen LogP contribution is 2.25. The van der Waals surface area contributed by atoms with Crippen molar-refractivity contribution in [3.05, 3.63) is 58.8 Å². The van der Waals surface area contributed by atoms with Crippen LogP contribution in [0.4, 0.5) is 0 Å². The normalized spacial score (nSPS) is 10.6. The van der Waals surface area contributed by atoms with Crippen LogP contribution in [-0.2, 0) is 11.3 Å². The van der Waals surface area contributed by atoms with Gasteiger partial charge in [0.25, 0.3) is 5.91 Å². The van der Waals surface area contributed by atoms with Gasteiger partial charge in [0.2, 0.25) is 5.88 Å². The summed E-state index contributed by atoms with van der Waals surface area (Å²) in [6, 6.07) is 13.2. The van der Waals surface area contributed by atoms with Gasteiger partial charge in [-0.25, -0.2) is 9.97 Å². The highest BCUT2D eigenvalue weighted by Gasteiger charge is 2.13. The quantitative estimate of drug-likeness (QED) is 0.616. The van der Waals surface area contributed by atoms with Crippen LogP contribution in [0.3, 0.4) is 0 Å². The Morgan fingerprint density at radius 3 is 2.85 bits per heavy atom. The van der Waals surface area contributed by atoms with E-state index in [2.05, 4.69) is 25.9 Å². The van der Waals surface area contributed by atoms with Crippen molar-refractivity contribution in [2.75, 3.05) is 20.8 Å². The van der Waals surface area contributed by atoms with Gasteiger partial charge in [-0.15, -0.1) is 0 Å². The molecule has 1 aromatic heterocycles. The van der Waals surface area contributed by atoms with Crippen molar-refractivity contribution in [3.8, 4) is 11.6 Å². The number of fused-ring (bicyclic) bond motifs is 1. The molecule has 0 spiro atoms. The van der Waals surface area contributed by atoms with E-state index < -0.39 is 0 Å². The van der Waals surface area contributed by atoms with E-state index >= 15 is 0 Å². The van der Waals surface area contributed by atoms with E-state index in [9.17, 15) is 4.79 Å². The number of amides is 1. The topological polar surface area (TPSA) is 64.5 Å². The highest BCUT2D eigenvalue weighted by atomic mass is 79.9. The Bertz CT molecular complexity index is 933. The van der Waals surface area contributed by atoms with Gasteiger partial charge in [0.15, 0.2) is 6.61 Å². The van der Waals surface area contributed by atoms with Crippen molar-refractivity contribution < 1.29 is 14.3 Å². The fourth-order valence-corrected chi connectivity index (χ4v) is 2.85. The van der Waals surface area contributed by atoms with Crippen molar-refractivity contribution in [2.45, 2.75) is 6.54 Å². The molecule has 7 heteroatoms.